The Morgan fingerprint density at radius 2 is 2.24 bits per heavy atom. The molecule has 0 spiro atoms. The third-order valence-electron chi connectivity index (χ3n) is 3.26. The maximum Gasteiger partial charge on any atom is 0.159 e. The van der Waals surface area contributed by atoms with Crippen LogP contribution in [0.2, 0.25) is 0 Å². The summed E-state index contributed by atoms with van der Waals surface area (Å²) in [6.45, 7) is 4.47. The van der Waals surface area contributed by atoms with Gasteiger partial charge in [-0.25, -0.2) is 4.39 Å². The first-order chi connectivity index (χ1) is 7.98. The average Bonchev–Trinajstić information content (AvgIpc) is 2.28. The van der Waals surface area contributed by atoms with E-state index in [1.807, 2.05) is 23.1 Å². The maximum atomic E-state index is 14.0. The Labute approximate surface area is 101 Å². The summed E-state index contributed by atoms with van der Waals surface area (Å²) in [7, 11) is 0. The van der Waals surface area contributed by atoms with Crippen molar-refractivity contribution in [3.63, 3.8) is 0 Å². The van der Waals surface area contributed by atoms with Crippen molar-refractivity contribution in [2.75, 3.05) is 18.0 Å². The van der Waals surface area contributed by atoms with Gasteiger partial charge in [0.15, 0.2) is 5.78 Å². The van der Waals surface area contributed by atoms with Crippen molar-refractivity contribution in [2.45, 2.75) is 32.4 Å². The number of carbonyl (C=O) groups excluding carboxylic acids is 1. The second-order valence-electron chi connectivity index (χ2n) is 5.04. The van der Waals surface area contributed by atoms with Gasteiger partial charge in [-0.05, 0) is 38.8 Å². The highest BCUT2D eigenvalue weighted by molar-refractivity contribution is 5.94. The summed E-state index contributed by atoms with van der Waals surface area (Å²) in [5.74, 6) is 0.0480. The van der Waals surface area contributed by atoms with Gasteiger partial charge in [-0.1, -0.05) is 12.1 Å². The quantitative estimate of drug-likeness (QED) is 0.734. The highest BCUT2D eigenvalue weighted by Crippen LogP contribution is 2.28. The number of alkyl halides is 1. The smallest absolute Gasteiger partial charge is 0.159 e. The molecule has 1 heterocycles. The van der Waals surface area contributed by atoms with E-state index in [2.05, 4.69) is 0 Å². The average molecular weight is 235 g/mol. The molecule has 1 saturated heterocycles. The molecule has 2 rings (SSSR count). The van der Waals surface area contributed by atoms with Crippen LogP contribution in [0, 0.1) is 0 Å². The van der Waals surface area contributed by atoms with Crippen molar-refractivity contribution >= 4 is 11.5 Å². The van der Waals surface area contributed by atoms with Crippen LogP contribution in [0.25, 0.3) is 0 Å². The SMILES string of the molecule is CC(=O)c1cccc(N2CCCC(C)(F)C2)c1. The lowest BCUT2D eigenvalue weighted by Crippen LogP contribution is -2.43. The number of nitrogens with zero attached hydrogens (tertiary/aromatic N) is 1. The fraction of sp³-hybridized carbons (Fsp3) is 0.500. The highest BCUT2D eigenvalue weighted by Gasteiger charge is 2.30. The van der Waals surface area contributed by atoms with Gasteiger partial charge in [-0.2, -0.15) is 0 Å². The number of anilines is 1. The van der Waals surface area contributed by atoms with Gasteiger partial charge < -0.3 is 4.90 Å². The zero-order valence-electron chi connectivity index (χ0n) is 10.4. The topological polar surface area (TPSA) is 20.3 Å². The first kappa shape index (κ1) is 12.1. The van der Waals surface area contributed by atoms with Crippen LogP contribution in [-0.4, -0.2) is 24.5 Å². The van der Waals surface area contributed by atoms with Crippen LogP contribution >= 0.6 is 0 Å². The van der Waals surface area contributed by atoms with Crippen LogP contribution in [-0.2, 0) is 0 Å². The van der Waals surface area contributed by atoms with Crippen LogP contribution < -0.4 is 4.90 Å². The number of piperidine rings is 1. The Hall–Kier alpha value is -1.38. The zero-order chi connectivity index (χ0) is 12.5. The minimum absolute atomic E-state index is 0.0480. The van der Waals surface area contributed by atoms with Gasteiger partial charge in [0.25, 0.3) is 0 Å². The Balaban J connectivity index is 2.22. The third-order valence-corrected chi connectivity index (χ3v) is 3.26. The van der Waals surface area contributed by atoms with E-state index in [1.165, 1.54) is 0 Å². The number of hydrogen-bond acceptors (Lipinski definition) is 2. The zero-order valence-corrected chi connectivity index (χ0v) is 10.4. The number of carbonyl (C=O) groups is 1. The number of rotatable bonds is 2. The van der Waals surface area contributed by atoms with Gasteiger partial charge in [0, 0.05) is 17.8 Å². The largest absolute Gasteiger partial charge is 0.368 e. The molecular formula is C14H18FNO. The van der Waals surface area contributed by atoms with Crippen molar-refractivity contribution in [1.82, 2.24) is 0 Å². The maximum absolute atomic E-state index is 14.0. The number of hydrogen-bond donors (Lipinski definition) is 0. The summed E-state index contributed by atoms with van der Waals surface area (Å²) in [5.41, 5.74) is 0.514. The van der Waals surface area contributed by atoms with Crippen molar-refractivity contribution in [3.8, 4) is 0 Å². The Morgan fingerprint density at radius 3 is 2.88 bits per heavy atom. The van der Waals surface area contributed by atoms with E-state index < -0.39 is 5.67 Å². The first-order valence-electron chi connectivity index (χ1n) is 6.03. The highest BCUT2D eigenvalue weighted by atomic mass is 19.1. The molecule has 1 atom stereocenters. The lowest BCUT2D eigenvalue weighted by molar-refractivity contribution is 0.101. The first-order valence-corrected chi connectivity index (χ1v) is 6.03. The molecule has 1 aliphatic rings. The van der Waals surface area contributed by atoms with Gasteiger partial charge in [0.1, 0.15) is 5.67 Å². The van der Waals surface area contributed by atoms with E-state index >= 15 is 0 Å². The summed E-state index contributed by atoms with van der Waals surface area (Å²) in [4.78, 5) is 13.3. The molecule has 92 valence electrons. The minimum atomic E-state index is -1.12. The standard InChI is InChI=1S/C14H18FNO/c1-11(17)12-5-3-6-13(9-12)16-8-4-7-14(2,15)10-16/h3,5-6,9H,4,7-8,10H2,1-2H3. The van der Waals surface area contributed by atoms with Gasteiger partial charge >= 0.3 is 0 Å². The Bertz CT molecular complexity index is 428. The lowest BCUT2D eigenvalue weighted by Gasteiger charge is -2.36. The normalized spacial score (nSPS) is 24.8. The van der Waals surface area contributed by atoms with Crippen LogP contribution in [0.3, 0.4) is 0 Å². The van der Waals surface area contributed by atoms with E-state index in [1.54, 1.807) is 19.9 Å². The van der Waals surface area contributed by atoms with Crippen molar-refractivity contribution in [3.05, 3.63) is 29.8 Å². The van der Waals surface area contributed by atoms with E-state index in [-0.39, 0.29) is 5.78 Å². The molecule has 0 radical (unpaired) electrons. The second kappa shape index (κ2) is 4.47. The summed E-state index contributed by atoms with van der Waals surface area (Å²) in [6.07, 6.45) is 1.48. The van der Waals surface area contributed by atoms with Crippen molar-refractivity contribution < 1.29 is 9.18 Å². The summed E-state index contributed by atoms with van der Waals surface area (Å²) >= 11 is 0. The van der Waals surface area contributed by atoms with Crippen LogP contribution in [0.15, 0.2) is 24.3 Å². The van der Waals surface area contributed by atoms with Gasteiger partial charge in [-0.3, -0.25) is 4.79 Å². The number of benzene rings is 1. The predicted octanol–water partition coefficient (Wildman–Crippen LogP) is 3.22. The lowest BCUT2D eigenvalue weighted by atomic mass is 9.96. The van der Waals surface area contributed by atoms with E-state index in [4.69, 9.17) is 0 Å². The van der Waals surface area contributed by atoms with Crippen molar-refractivity contribution in [2.24, 2.45) is 0 Å². The van der Waals surface area contributed by atoms with Crippen molar-refractivity contribution in [1.29, 1.82) is 0 Å². The van der Waals surface area contributed by atoms with Crippen LogP contribution in [0.5, 0.6) is 0 Å². The Morgan fingerprint density at radius 1 is 1.47 bits per heavy atom. The van der Waals surface area contributed by atoms with Crippen LogP contribution in [0.1, 0.15) is 37.0 Å². The molecule has 17 heavy (non-hydrogen) atoms. The molecule has 1 fully saturated rings. The van der Waals surface area contributed by atoms with Crippen LogP contribution in [0.4, 0.5) is 10.1 Å². The van der Waals surface area contributed by atoms with E-state index in [9.17, 15) is 9.18 Å². The number of Topliss-reactive ketones (excluding diaryl/α,β-unsaturated/α-hetero) is 1. The molecule has 1 aromatic rings. The van der Waals surface area contributed by atoms with Gasteiger partial charge in [0.05, 0.1) is 6.54 Å². The molecule has 0 N–H and O–H groups in total. The molecule has 2 nitrogen and oxygen atoms in total. The van der Waals surface area contributed by atoms with E-state index in [0.717, 1.165) is 18.7 Å². The fourth-order valence-corrected chi connectivity index (χ4v) is 2.34. The molecule has 1 aromatic carbocycles. The van der Waals surface area contributed by atoms with E-state index in [0.29, 0.717) is 18.5 Å². The monoisotopic (exact) mass is 235 g/mol. The number of ketones is 1. The molecule has 1 aliphatic heterocycles. The summed E-state index contributed by atoms with van der Waals surface area (Å²) in [5, 5.41) is 0. The fourth-order valence-electron chi connectivity index (χ4n) is 2.34. The Kier molecular flexibility index (Phi) is 3.18. The second-order valence-corrected chi connectivity index (χ2v) is 5.04. The number of halogens is 1. The molecule has 1 unspecified atom stereocenters. The molecule has 3 heteroatoms. The molecule has 0 aliphatic carbocycles. The molecule has 0 bridgehead atoms. The summed E-state index contributed by atoms with van der Waals surface area (Å²) in [6, 6.07) is 7.44. The molecule has 0 amide bonds. The minimum Gasteiger partial charge on any atom is -0.368 e. The third kappa shape index (κ3) is 2.84. The molecule has 0 saturated carbocycles. The predicted molar refractivity (Wildman–Crippen MR) is 67.4 cm³/mol. The van der Waals surface area contributed by atoms with Gasteiger partial charge in [0.2, 0.25) is 0 Å². The summed E-state index contributed by atoms with van der Waals surface area (Å²) < 4.78 is 14.0. The molecular weight excluding hydrogens is 217 g/mol. The van der Waals surface area contributed by atoms with Gasteiger partial charge in [-0.15, -0.1) is 0 Å². The molecule has 0 aromatic heterocycles.